The van der Waals surface area contributed by atoms with Gasteiger partial charge in [-0.15, -0.1) is 0 Å². The lowest BCUT2D eigenvalue weighted by molar-refractivity contribution is -0.216. The number of halogens is 1. The van der Waals surface area contributed by atoms with Crippen molar-refractivity contribution in [3.05, 3.63) is 0 Å². The Labute approximate surface area is 119 Å². The molecule has 3 nitrogen and oxygen atoms in total. The van der Waals surface area contributed by atoms with Gasteiger partial charge in [0.25, 0.3) is 0 Å². The van der Waals surface area contributed by atoms with E-state index in [0.717, 1.165) is 25.9 Å². The Morgan fingerprint density at radius 1 is 1.22 bits per heavy atom. The quantitative estimate of drug-likeness (QED) is 0.618. The number of ether oxygens (including phenoxy) is 1. The third-order valence-corrected chi connectivity index (χ3v) is 5.00. The SMILES string of the molecule is CC(Br)C(O)OC1(C2CCCCC2)CCNCC1. The normalized spacial score (nSPS) is 28.8. The van der Waals surface area contributed by atoms with E-state index in [0.29, 0.717) is 5.92 Å². The second-order valence-electron chi connectivity index (χ2n) is 5.84. The zero-order valence-electron chi connectivity index (χ0n) is 11.3. The first-order valence-corrected chi connectivity index (χ1v) is 8.26. The van der Waals surface area contributed by atoms with E-state index in [2.05, 4.69) is 21.2 Å². The van der Waals surface area contributed by atoms with Gasteiger partial charge in [0.2, 0.25) is 0 Å². The fraction of sp³-hybridized carbons (Fsp3) is 1.00. The van der Waals surface area contributed by atoms with Crippen molar-refractivity contribution < 1.29 is 9.84 Å². The fourth-order valence-electron chi connectivity index (χ4n) is 3.44. The summed E-state index contributed by atoms with van der Waals surface area (Å²) in [5.74, 6) is 0.634. The van der Waals surface area contributed by atoms with Crippen LogP contribution in [0.15, 0.2) is 0 Å². The Morgan fingerprint density at radius 2 is 1.83 bits per heavy atom. The molecule has 4 heteroatoms. The lowest BCUT2D eigenvalue weighted by Gasteiger charge is -2.46. The first-order valence-electron chi connectivity index (χ1n) is 7.35. The van der Waals surface area contributed by atoms with E-state index < -0.39 is 6.29 Å². The summed E-state index contributed by atoms with van der Waals surface area (Å²) in [6, 6.07) is 0. The minimum atomic E-state index is -0.690. The van der Waals surface area contributed by atoms with Crippen LogP contribution in [0.5, 0.6) is 0 Å². The number of rotatable bonds is 4. The maximum absolute atomic E-state index is 10.1. The zero-order valence-corrected chi connectivity index (χ0v) is 12.9. The highest BCUT2D eigenvalue weighted by Crippen LogP contribution is 2.41. The average Bonchev–Trinajstić information content (AvgIpc) is 2.40. The molecule has 0 amide bonds. The molecule has 1 aliphatic carbocycles. The zero-order chi connectivity index (χ0) is 13.0. The first kappa shape index (κ1) is 14.8. The maximum atomic E-state index is 10.1. The number of nitrogens with one attached hydrogen (secondary N) is 1. The molecule has 2 aliphatic rings. The Bertz CT molecular complexity index is 248. The molecule has 18 heavy (non-hydrogen) atoms. The van der Waals surface area contributed by atoms with E-state index in [-0.39, 0.29) is 10.4 Å². The van der Waals surface area contributed by atoms with Gasteiger partial charge in [-0.25, -0.2) is 0 Å². The van der Waals surface area contributed by atoms with E-state index >= 15 is 0 Å². The van der Waals surface area contributed by atoms with Crippen LogP contribution < -0.4 is 5.32 Å². The van der Waals surface area contributed by atoms with Crippen LogP contribution in [-0.2, 0) is 4.74 Å². The van der Waals surface area contributed by atoms with Gasteiger partial charge in [-0.2, -0.15) is 0 Å². The highest BCUT2D eigenvalue weighted by molar-refractivity contribution is 9.09. The summed E-state index contributed by atoms with van der Waals surface area (Å²) in [6.45, 7) is 3.97. The molecule has 1 saturated heterocycles. The van der Waals surface area contributed by atoms with Crippen LogP contribution in [0.4, 0.5) is 0 Å². The van der Waals surface area contributed by atoms with Crippen LogP contribution in [0.1, 0.15) is 51.9 Å². The second kappa shape index (κ2) is 6.69. The number of hydrogen-bond acceptors (Lipinski definition) is 3. The molecule has 0 aromatic heterocycles. The molecule has 0 aromatic rings. The van der Waals surface area contributed by atoms with Gasteiger partial charge in [-0.05, 0) is 51.6 Å². The van der Waals surface area contributed by atoms with Crippen molar-refractivity contribution in [2.45, 2.75) is 68.6 Å². The molecule has 0 aromatic carbocycles. The third kappa shape index (κ3) is 3.47. The molecule has 2 atom stereocenters. The van der Waals surface area contributed by atoms with Crippen LogP contribution in [0.3, 0.4) is 0 Å². The van der Waals surface area contributed by atoms with E-state index in [4.69, 9.17) is 4.74 Å². The van der Waals surface area contributed by atoms with Crippen LogP contribution >= 0.6 is 15.9 Å². The lowest BCUT2D eigenvalue weighted by Crippen LogP contribution is -2.52. The number of aliphatic hydroxyl groups excluding tert-OH is 1. The van der Waals surface area contributed by atoms with Crippen LogP contribution in [0.25, 0.3) is 0 Å². The summed E-state index contributed by atoms with van der Waals surface area (Å²) in [5.41, 5.74) is -0.0902. The lowest BCUT2D eigenvalue weighted by atomic mass is 9.72. The molecular formula is C14H26BrNO2. The van der Waals surface area contributed by atoms with Gasteiger partial charge in [-0.1, -0.05) is 35.2 Å². The Hall–Kier alpha value is 0.360. The molecule has 1 saturated carbocycles. The fourth-order valence-corrected chi connectivity index (χ4v) is 3.54. The minimum absolute atomic E-state index is 0.00662. The van der Waals surface area contributed by atoms with Crippen molar-refractivity contribution >= 4 is 15.9 Å². The van der Waals surface area contributed by atoms with E-state index in [9.17, 15) is 5.11 Å². The number of piperidine rings is 1. The smallest absolute Gasteiger partial charge is 0.167 e. The van der Waals surface area contributed by atoms with Gasteiger partial charge < -0.3 is 15.2 Å². The average molecular weight is 320 g/mol. The van der Waals surface area contributed by atoms with Crippen molar-refractivity contribution in [2.75, 3.05) is 13.1 Å². The number of aliphatic hydroxyl groups is 1. The summed E-state index contributed by atoms with van der Waals surface area (Å²) >= 11 is 3.42. The van der Waals surface area contributed by atoms with Crippen LogP contribution in [0.2, 0.25) is 0 Å². The highest BCUT2D eigenvalue weighted by Gasteiger charge is 2.43. The summed E-state index contributed by atoms with van der Waals surface area (Å²) in [6.07, 6.45) is 7.93. The monoisotopic (exact) mass is 319 g/mol. The summed E-state index contributed by atoms with van der Waals surface area (Å²) in [5, 5.41) is 13.5. The highest BCUT2D eigenvalue weighted by atomic mass is 79.9. The van der Waals surface area contributed by atoms with Crippen molar-refractivity contribution in [3.63, 3.8) is 0 Å². The van der Waals surface area contributed by atoms with Crippen LogP contribution in [-0.4, -0.2) is 34.9 Å². The molecule has 106 valence electrons. The van der Waals surface area contributed by atoms with Gasteiger partial charge in [0.1, 0.15) is 0 Å². The first-order chi connectivity index (χ1) is 8.64. The predicted octanol–water partition coefficient (Wildman–Crippen LogP) is 2.81. The molecule has 0 radical (unpaired) electrons. The molecule has 0 spiro atoms. The number of alkyl halides is 1. The van der Waals surface area contributed by atoms with E-state index in [1.54, 1.807) is 0 Å². The third-order valence-electron chi connectivity index (χ3n) is 4.55. The van der Waals surface area contributed by atoms with Gasteiger partial charge in [-0.3, -0.25) is 0 Å². The topological polar surface area (TPSA) is 41.5 Å². The predicted molar refractivity (Wildman–Crippen MR) is 76.9 cm³/mol. The van der Waals surface area contributed by atoms with E-state index in [1.807, 2.05) is 6.92 Å². The maximum Gasteiger partial charge on any atom is 0.167 e. The van der Waals surface area contributed by atoms with Gasteiger partial charge in [0.05, 0.1) is 10.4 Å². The molecule has 2 rings (SSSR count). The second-order valence-corrected chi connectivity index (χ2v) is 7.28. The molecule has 2 unspecified atom stereocenters. The van der Waals surface area contributed by atoms with Gasteiger partial charge >= 0.3 is 0 Å². The summed E-state index contributed by atoms with van der Waals surface area (Å²) in [7, 11) is 0. The van der Waals surface area contributed by atoms with Gasteiger partial charge in [0.15, 0.2) is 6.29 Å². The largest absolute Gasteiger partial charge is 0.367 e. The Morgan fingerprint density at radius 3 is 2.39 bits per heavy atom. The molecule has 2 fully saturated rings. The Balaban J connectivity index is 2.06. The molecule has 0 bridgehead atoms. The summed E-state index contributed by atoms with van der Waals surface area (Å²) < 4.78 is 6.15. The Kier molecular flexibility index (Phi) is 5.48. The number of hydrogen-bond donors (Lipinski definition) is 2. The van der Waals surface area contributed by atoms with Crippen molar-refractivity contribution in [1.29, 1.82) is 0 Å². The minimum Gasteiger partial charge on any atom is -0.367 e. The van der Waals surface area contributed by atoms with Crippen molar-refractivity contribution in [3.8, 4) is 0 Å². The molecular weight excluding hydrogens is 294 g/mol. The van der Waals surface area contributed by atoms with Crippen molar-refractivity contribution in [1.82, 2.24) is 5.32 Å². The van der Waals surface area contributed by atoms with Gasteiger partial charge in [0, 0.05) is 0 Å². The van der Waals surface area contributed by atoms with Crippen LogP contribution in [0, 0.1) is 5.92 Å². The molecule has 1 aliphatic heterocycles. The van der Waals surface area contributed by atoms with Crippen molar-refractivity contribution in [2.24, 2.45) is 5.92 Å². The molecule has 1 heterocycles. The van der Waals surface area contributed by atoms with E-state index in [1.165, 1.54) is 32.1 Å². The molecule has 2 N–H and O–H groups in total. The summed E-state index contributed by atoms with van der Waals surface area (Å²) in [4.78, 5) is -0.00662. The standard InChI is InChI=1S/C14H26BrNO2/c1-11(15)13(17)18-14(7-9-16-10-8-14)12-5-3-2-4-6-12/h11-13,16-17H,2-10H2,1H3.